The highest BCUT2D eigenvalue weighted by Gasteiger charge is 2.22. The summed E-state index contributed by atoms with van der Waals surface area (Å²) in [5.41, 5.74) is 1.98. The normalized spacial score (nSPS) is 14.5. The molecule has 0 bridgehead atoms. The molecule has 1 saturated heterocycles. The van der Waals surface area contributed by atoms with Gasteiger partial charge < -0.3 is 15.0 Å². The van der Waals surface area contributed by atoms with Crippen molar-refractivity contribution in [1.29, 1.82) is 0 Å². The molecule has 1 aromatic heterocycles. The van der Waals surface area contributed by atoms with Gasteiger partial charge in [-0.25, -0.2) is 4.39 Å². The first-order valence-electron chi connectivity index (χ1n) is 8.74. The lowest BCUT2D eigenvalue weighted by molar-refractivity contribution is 0.122. The largest absolute Gasteiger partial charge is 0.378 e. The Kier molecular flexibility index (Phi) is 4.68. The summed E-state index contributed by atoms with van der Waals surface area (Å²) in [4.78, 5) is 30.2. The minimum Gasteiger partial charge on any atom is -0.378 e. The second-order valence-corrected chi connectivity index (χ2v) is 6.38. The number of aromatic nitrogens is 1. The van der Waals surface area contributed by atoms with Gasteiger partial charge in [0.2, 0.25) is 10.9 Å². The Morgan fingerprint density at radius 1 is 1.04 bits per heavy atom. The number of rotatable bonds is 5. The lowest BCUT2D eigenvalue weighted by Crippen LogP contribution is -2.36. The summed E-state index contributed by atoms with van der Waals surface area (Å²) in [5, 5.41) is 2.96. The van der Waals surface area contributed by atoms with Crippen molar-refractivity contribution in [1.82, 2.24) is 4.98 Å². The zero-order valence-corrected chi connectivity index (χ0v) is 14.6. The molecular weight excluding hydrogens is 349 g/mol. The molecule has 0 radical (unpaired) electrons. The van der Waals surface area contributed by atoms with Gasteiger partial charge in [0, 0.05) is 18.8 Å². The maximum atomic E-state index is 12.9. The molecule has 3 aromatic rings. The van der Waals surface area contributed by atoms with E-state index in [0.717, 1.165) is 25.0 Å². The molecule has 0 aliphatic carbocycles. The summed E-state index contributed by atoms with van der Waals surface area (Å²) in [6, 6.07) is 10.4. The Morgan fingerprint density at radius 2 is 1.78 bits per heavy atom. The smallest absolute Gasteiger partial charge is 0.250 e. The van der Waals surface area contributed by atoms with Crippen molar-refractivity contribution in [3.05, 3.63) is 74.6 Å². The standard InChI is InChI=1S/C20H18FN3O3/c21-14-3-4-15(22-11-14)12-23-18-17(19(25)20(18)26)13-1-5-16(6-2-13)24-7-9-27-10-8-24/h1-6,11,23H,7-10,12H2. The van der Waals surface area contributed by atoms with Crippen LogP contribution >= 0.6 is 0 Å². The van der Waals surface area contributed by atoms with Gasteiger partial charge in [0.05, 0.1) is 42.9 Å². The SMILES string of the molecule is O=c1c(NCc2ccc(F)cn2)c(-c2ccc(N3CCOCC3)cc2)c1=O. The molecule has 7 heteroatoms. The first kappa shape index (κ1) is 17.4. The van der Waals surface area contributed by atoms with Crippen LogP contribution < -0.4 is 21.1 Å². The maximum absolute atomic E-state index is 12.9. The van der Waals surface area contributed by atoms with Crippen molar-refractivity contribution >= 4 is 11.4 Å². The zero-order chi connectivity index (χ0) is 18.8. The highest BCUT2D eigenvalue weighted by atomic mass is 19.1. The van der Waals surface area contributed by atoms with E-state index in [4.69, 9.17) is 4.74 Å². The Labute approximate surface area is 154 Å². The number of halogens is 1. The molecule has 1 aliphatic rings. The van der Waals surface area contributed by atoms with Crippen molar-refractivity contribution in [3.8, 4) is 11.1 Å². The number of ether oxygens (including phenoxy) is 1. The predicted molar refractivity (Wildman–Crippen MR) is 101 cm³/mol. The monoisotopic (exact) mass is 367 g/mol. The first-order chi connectivity index (χ1) is 13.1. The quantitative estimate of drug-likeness (QED) is 0.695. The lowest BCUT2D eigenvalue weighted by atomic mass is 9.98. The number of hydrogen-bond donors (Lipinski definition) is 1. The van der Waals surface area contributed by atoms with Crippen LogP contribution in [0, 0.1) is 5.82 Å². The van der Waals surface area contributed by atoms with Crippen molar-refractivity contribution in [3.63, 3.8) is 0 Å². The third-order valence-corrected chi connectivity index (χ3v) is 4.68. The molecule has 6 nitrogen and oxygen atoms in total. The van der Waals surface area contributed by atoms with Crippen molar-refractivity contribution in [2.45, 2.75) is 6.54 Å². The molecule has 0 spiro atoms. The maximum Gasteiger partial charge on any atom is 0.250 e. The van der Waals surface area contributed by atoms with Crippen LogP contribution in [0.25, 0.3) is 11.1 Å². The van der Waals surface area contributed by atoms with Gasteiger partial charge in [-0.3, -0.25) is 14.6 Å². The second-order valence-electron chi connectivity index (χ2n) is 6.38. The molecule has 0 saturated carbocycles. The third kappa shape index (κ3) is 3.46. The number of hydrogen-bond acceptors (Lipinski definition) is 6. The van der Waals surface area contributed by atoms with Gasteiger partial charge in [0.1, 0.15) is 5.82 Å². The summed E-state index contributed by atoms with van der Waals surface area (Å²) >= 11 is 0. The van der Waals surface area contributed by atoms with Crippen LogP contribution in [-0.4, -0.2) is 31.3 Å². The first-order valence-corrected chi connectivity index (χ1v) is 8.74. The fourth-order valence-corrected chi connectivity index (χ4v) is 3.19. The summed E-state index contributed by atoms with van der Waals surface area (Å²) in [6.45, 7) is 3.30. The van der Waals surface area contributed by atoms with Gasteiger partial charge >= 0.3 is 0 Å². The fraction of sp³-hybridized carbons (Fsp3) is 0.250. The van der Waals surface area contributed by atoms with Gasteiger partial charge in [-0.05, 0) is 29.8 Å². The molecule has 4 rings (SSSR count). The number of pyridine rings is 1. The van der Waals surface area contributed by atoms with Crippen LogP contribution in [0.2, 0.25) is 0 Å². The minimum absolute atomic E-state index is 0.240. The highest BCUT2D eigenvalue weighted by molar-refractivity contribution is 5.82. The van der Waals surface area contributed by atoms with E-state index in [1.165, 1.54) is 12.1 Å². The Balaban J connectivity index is 1.52. The van der Waals surface area contributed by atoms with Crippen molar-refractivity contribution in [2.75, 3.05) is 36.5 Å². The van der Waals surface area contributed by atoms with Crippen LogP contribution in [0.5, 0.6) is 0 Å². The van der Waals surface area contributed by atoms with Crippen LogP contribution in [0.15, 0.2) is 52.2 Å². The Bertz CT molecular complexity index is 1000. The van der Waals surface area contributed by atoms with Crippen LogP contribution in [-0.2, 0) is 11.3 Å². The van der Waals surface area contributed by atoms with E-state index in [2.05, 4.69) is 15.2 Å². The average Bonchev–Trinajstić information content (AvgIpc) is 2.72. The molecule has 2 heterocycles. The number of morpholine rings is 1. The van der Waals surface area contributed by atoms with E-state index in [-0.39, 0.29) is 12.2 Å². The van der Waals surface area contributed by atoms with E-state index in [0.29, 0.717) is 30.0 Å². The number of benzene rings is 1. The number of nitrogens with one attached hydrogen (secondary N) is 1. The molecule has 27 heavy (non-hydrogen) atoms. The zero-order valence-electron chi connectivity index (χ0n) is 14.6. The second kappa shape index (κ2) is 7.28. The molecule has 0 amide bonds. The van der Waals surface area contributed by atoms with Crippen molar-refractivity contribution < 1.29 is 9.13 Å². The number of anilines is 2. The summed E-state index contributed by atoms with van der Waals surface area (Å²) < 4.78 is 18.3. The van der Waals surface area contributed by atoms with Gasteiger partial charge in [-0.2, -0.15) is 0 Å². The summed E-state index contributed by atoms with van der Waals surface area (Å²) in [6.07, 6.45) is 1.12. The average molecular weight is 367 g/mol. The Morgan fingerprint density at radius 3 is 2.44 bits per heavy atom. The van der Waals surface area contributed by atoms with Crippen molar-refractivity contribution in [2.24, 2.45) is 0 Å². The molecule has 1 fully saturated rings. The molecule has 0 atom stereocenters. The van der Waals surface area contributed by atoms with Crippen LogP contribution in [0.3, 0.4) is 0 Å². The fourth-order valence-electron chi connectivity index (χ4n) is 3.19. The summed E-state index contributed by atoms with van der Waals surface area (Å²) in [7, 11) is 0. The van der Waals surface area contributed by atoms with E-state index >= 15 is 0 Å². The topological polar surface area (TPSA) is 71.5 Å². The predicted octanol–water partition coefficient (Wildman–Crippen LogP) is 1.93. The van der Waals surface area contributed by atoms with Gasteiger partial charge in [0.15, 0.2) is 0 Å². The molecule has 1 aliphatic heterocycles. The molecule has 2 aromatic carbocycles. The molecule has 138 valence electrons. The minimum atomic E-state index is -0.538. The van der Waals surface area contributed by atoms with Gasteiger partial charge in [-0.1, -0.05) is 12.1 Å². The van der Waals surface area contributed by atoms with E-state index in [1.54, 1.807) is 0 Å². The van der Waals surface area contributed by atoms with Gasteiger partial charge in [0.25, 0.3) is 0 Å². The third-order valence-electron chi connectivity index (χ3n) is 4.68. The van der Waals surface area contributed by atoms with Gasteiger partial charge in [-0.15, -0.1) is 0 Å². The van der Waals surface area contributed by atoms with E-state index < -0.39 is 16.7 Å². The van der Waals surface area contributed by atoms with Crippen LogP contribution in [0.1, 0.15) is 5.69 Å². The van der Waals surface area contributed by atoms with E-state index in [9.17, 15) is 14.0 Å². The number of nitrogens with zero attached hydrogens (tertiary/aromatic N) is 2. The highest BCUT2D eigenvalue weighted by Crippen LogP contribution is 2.26. The van der Waals surface area contributed by atoms with Crippen LogP contribution in [0.4, 0.5) is 15.8 Å². The molecular formula is C20H18FN3O3. The molecule has 1 N–H and O–H groups in total. The summed E-state index contributed by atoms with van der Waals surface area (Å²) in [5.74, 6) is -0.422. The molecule has 0 unspecified atom stereocenters. The Hall–Kier alpha value is -3.06. The van der Waals surface area contributed by atoms with E-state index in [1.807, 2.05) is 24.3 Å². The lowest BCUT2D eigenvalue weighted by Gasteiger charge is -2.29.